The molecule has 0 aromatic heterocycles. The molecule has 7 heteroatoms. The molecule has 1 heterocycles. The molecule has 1 fully saturated rings. The second-order valence-corrected chi connectivity index (χ2v) is 6.99. The first-order valence-electron chi connectivity index (χ1n) is 9.58. The SMILES string of the molecule is O=C(O)[C@@H]1CCCN(CCONC(=Cc2ccccc2F)c2ccccc2F)C1. The number of halogens is 2. The Bertz CT molecular complexity index is 873. The van der Waals surface area contributed by atoms with Crippen LogP contribution in [0, 0.1) is 17.6 Å². The van der Waals surface area contributed by atoms with Crippen molar-refractivity contribution in [3.05, 3.63) is 71.3 Å². The van der Waals surface area contributed by atoms with Crippen molar-refractivity contribution in [3.63, 3.8) is 0 Å². The smallest absolute Gasteiger partial charge is 0.307 e. The largest absolute Gasteiger partial charge is 0.481 e. The Morgan fingerprint density at radius 3 is 2.62 bits per heavy atom. The monoisotopic (exact) mass is 402 g/mol. The zero-order chi connectivity index (χ0) is 20.6. The Hall–Kier alpha value is -2.77. The summed E-state index contributed by atoms with van der Waals surface area (Å²) in [5.41, 5.74) is 3.61. The van der Waals surface area contributed by atoms with E-state index in [4.69, 9.17) is 4.84 Å². The molecular weight excluding hydrogens is 378 g/mol. The van der Waals surface area contributed by atoms with Crippen molar-refractivity contribution < 1.29 is 23.5 Å². The molecule has 0 radical (unpaired) electrons. The predicted octanol–water partition coefficient (Wildman–Crippen LogP) is 3.78. The number of nitrogens with one attached hydrogen (secondary N) is 1. The van der Waals surface area contributed by atoms with Gasteiger partial charge < -0.3 is 10.0 Å². The number of aliphatic carboxylic acids is 1. The molecule has 1 saturated heterocycles. The maximum atomic E-state index is 14.3. The van der Waals surface area contributed by atoms with Crippen molar-refractivity contribution in [2.75, 3.05) is 26.2 Å². The van der Waals surface area contributed by atoms with Gasteiger partial charge in [-0.15, -0.1) is 0 Å². The van der Waals surface area contributed by atoms with E-state index < -0.39 is 17.6 Å². The lowest BCUT2D eigenvalue weighted by molar-refractivity contribution is -0.143. The lowest BCUT2D eigenvalue weighted by Gasteiger charge is -2.30. The van der Waals surface area contributed by atoms with Gasteiger partial charge in [0, 0.05) is 24.2 Å². The normalized spacial score (nSPS) is 17.9. The fraction of sp³-hybridized carbons (Fsp3) is 0.318. The second-order valence-electron chi connectivity index (χ2n) is 6.99. The Morgan fingerprint density at radius 2 is 1.90 bits per heavy atom. The summed E-state index contributed by atoms with van der Waals surface area (Å²) in [7, 11) is 0. The molecule has 2 N–H and O–H groups in total. The van der Waals surface area contributed by atoms with E-state index >= 15 is 0 Å². The maximum absolute atomic E-state index is 14.3. The number of benzene rings is 2. The molecule has 0 spiro atoms. The predicted molar refractivity (Wildman–Crippen MR) is 107 cm³/mol. The fourth-order valence-electron chi connectivity index (χ4n) is 3.35. The summed E-state index contributed by atoms with van der Waals surface area (Å²) in [6.07, 6.45) is 3.01. The highest BCUT2D eigenvalue weighted by Crippen LogP contribution is 2.21. The number of rotatable bonds is 8. The third kappa shape index (κ3) is 5.85. The number of carboxylic acids is 1. The summed E-state index contributed by atoms with van der Waals surface area (Å²) < 4.78 is 28.3. The van der Waals surface area contributed by atoms with Crippen molar-refractivity contribution in [1.29, 1.82) is 0 Å². The van der Waals surface area contributed by atoms with Gasteiger partial charge in [0.1, 0.15) is 11.6 Å². The van der Waals surface area contributed by atoms with Crippen LogP contribution >= 0.6 is 0 Å². The van der Waals surface area contributed by atoms with Crippen LogP contribution in [0.1, 0.15) is 24.0 Å². The lowest BCUT2D eigenvalue weighted by atomic mass is 9.98. The van der Waals surface area contributed by atoms with Gasteiger partial charge in [0.05, 0.1) is 18.2 Å². The summed E-state index contributed by atoms with van der Waals surface area (Å²) in [5.74, 6) is -2.00. The second kappa shape index (κ2) is 10.1. The number of carbonyl (C=O) groups is 1. The molecule has 0 unspecified atom stereocenters. The van der Waals surface area contributed by atoms with Crippen LogP contribution in [0.15, 0.2) is 48.5 Å². The van der Waals surface area contributed by atoms with E-state index in [1.165, 1.54) is 18.2 Å². The fourth-order valence-corrected chi connectivity index (χ4v) is 3.35. The Balaban J connectivity index is 1.65. The molecule has 2 aromatic carbocycles. The highest BCUT2D eigenvalue weighted by atomic mass is 19.1. The minimum absolute atomic E-state index is 0.264. The molecule has 1 aliphatic heterocycles. The average molecular weight is 402 g/mol. The molecule has 2 aromatic rings. The summed E-state index contributed by atoms with van der Waals surface area (Å²) in [5, 5.41) is 9.17. The van der Waals surface area contributed by atoms with Crippen molar-refractivity contribution in [1.82, 2.24) is 10.4 Å². The molecular formula is C22H24F2N2O3. The quantitative estimate of drug-likeness (QED) is 0.400. The van der Waals surface area contributed by atoms with Gasteiger partial charge in [-0.05, 0) is 43.7 Å². The van der Waals surface area contributed by atoms with E-state index in [1.54, 1.807) is 36.4 Å². The number of likely N-dealkylation sites (tertiary alicyclic amines) is 1. The van der Waals surface area contributed by atoms with Gasteiger partial charge >= 0.3 is 5.97 Å². The topological polar surface area (TPSA) is 61.8 Å². The van der Waals surface area contributed by atoms with Gasteiger partial charge in [0.25, 0.3) is 0 Å². The number of hydrogen-bond acceptors (Lipinski definition) is 4. The number of carboxylic acid groups (broad SMARTS) is 1. The van der Waals surface area contributed by atoms with Crippen LogP contribution in [-0.4, -0.2) is 42.2 Å². The first-order valence-corrected chi connectivity index (χ1v) is 9.58. The minimum Gasteiger partial charge on any atom is -0.481 e. The highest BCUT2D eigenvalue weighted by Gasteiger charge is 2.24. The summed E-state index contributed by atoms with van der Waals surface area (Å²) in [6.45, 7) is 2.12. The Morgan fingerprint density at radius 1 is 1.17 bits per heavy atom. The van der Waals surface area contributed by atoms with Gasteiger partial charge in [-0.1, -0.05) is 30.3 Å². The van der Waals surface area contributed by atoms with E-state index in [9.17, 15) is 18.7 Å². The molecule has 0 aliphatic carbocycles. The van der Waals surface area contributed by atoms with Crippen molar-refractivity contribution in [3.8, 4) is 0 Å². The van der Waals surface area contributed by atoms with Gasteiger partial charge in [-0.3, -0.25) is 15.1 Å². The number of hydrogen-bond donors (Lipinski definition) is 2. The summed E-state index contributed by atoms with van der Waals surface area (Å²) >= 11 is 0. The Labute approximate surface area is 168 Å². The van der Waals surface area contributed by atoms with Gasteiger partial charge in [0.15, 0.2) is 0 Å². The van der Waals surface area contributed by atoms with Crippen LogP contribution in [0.2, 0.25) is 0 Å². The molecule has 5 nitrogen and oxygen atoms in total. The van der Waals surface area contributed by atoms with E-state index in [2.05, 4.69) is 5.48 Å². The van der Waals surface area contributed by atoms with Crippen LogP contribution < -0.4 is 5.48 Å². The van der Waals surface area contributed by atoms with Gasteiger partial charge in [-0.2, -0.15) is 0 Å². The standard InChI is InChI=1S/C22H24F2N2O3/c23-19-9-3-1-6-16(19)14-21(18-8-2-4-10-20(18)24)25-29-13-12-26-11-5-7-17(15-26)22(27)28/h1-4,6,8-10,14,17,25H,5,7,11-13,15H2,(H,27,28)/t17-/m1/s1. The first kappa shape index (κ1) is 21.0. The molecule has 0 saturated carbocycles. The number of hydroxylamine groups is 1. The number of nitrogens with zero attached hydrogens (tertiary/aromatic N) is 1. The number of piperidine rings is 1. The average Bonchev–Trinajstić information content (AvgIpc) is 2.72. The molecule has 1 atom stereocenters. The minimum atomic E-state index is -0.775. The zero-order valence-electron chi connectivity index (χ0n) is 16.0. The van der Waals surface area contributed by atoms with Crippen LogP contribution in [0.3, 0.4) is 0 Å². The van der Waals surface area contributed by atoms with Crippen LogP contribution in [0.5, 0.6) is 0 Å². The van der Waals surface area contributed by atoms with Crippen molar-refractivity contribution in [2.45, 2.75) is 12.8 Å². The maximum Gasteiger partial charge on any atom is 0.307 e. The van der Waals surface area contributed by atoms with Crippen molar-refractivity contribution >= 4 is 17.7 Å². The Kier molecular flexibility index (Phi) is 7.32. The molecule has 154 valence electrons. The molecule has 29 heavy (non-hydrogen) atoms. The van der Waals surface area contributed by atoms with E-state index in [1.807, 2.05) is 4.90 Å². The van der Waals surface area contributed by atoms with Gasteiger partial charge in [0.2, 0.25) is 0 Å². The molecule has 3 rings (SSSR count). The third-order valence-electron chi connectivity index (χ3n) is 4.92. The highest BCUT2D eigenvalue weighted by molar-refractivity contribution is 5.80. The van der Waals surface area contributed by atoms with Crippen molar-refractivity contribution in [2.24, 2.45) is 5.92 Å². The van der Waals surface area contributed by atoms with Crippen LogP contribution in [0.4, 0.5) is 8.78 Å². The summed E-state index contributed by atoms with van der Waals surface area (Å²) in [4.78, 5) is 18.7. The van der Waals surface area contributed by atoms with E-state index in [0.717, 1.165) is 13.0 Å². The molecule has 0 bridgehead atoms. The first-order chi connectivity index (χ1) is 14.0. The van der Waals surface area contributed by atoms with E-state index in [0.29, 0.717) is 30.8 Å². The van der Waals surface area contributed by atoms with Gasteiger partial charge in [-0.25, -0.2) is 8.78 Å². The third-order valence-corrected chi connectivity index (χ3v) is 4.92. The summed E-state index contributed by atoms with van der Waals surface area (Å²) in [6, 6.07) is 12.4. The zero-order valence-corrected chi connectivity index (χ0v) is 16.0. The lowest BCUT2D eigenvalue weighted by Crippen LogP contribution is -2.40. The van der Waals surface area contributed by atoms with Crippen LogP contribution in [-0.2, 0) is 9.63 Å². The molecule has 0 amide bonds. The van der Waals surface area contributed by atoms with E-state index in [-0.39, 0.29) is 18.1 Å². The van der Waals surface area contributed by atoms with Crippen LogP contribution in [0.25, 0.3) is 11.8 Å². The molecule has 1 aliphatic rings.